The van der Waals surface area contributed by atoms with Gasteiger partial charge in [-0.15, -0.1) is 0 Å². The summed E-state index contributed by atoms with van der Waals surface area (Å²) in [5.74, 6) is 0.00355. The van der Waals surface area contributed by atoms with Crippen LogP contribution in [-0.2, 0) is 11.2 Å². The Balaban J connectivity index is 1.89. The fraction of sp³-hybridized carbons (Fsp3) is 0.278. The molecule has 0 saturated heterocycles. The Kier molecular flexibility index (Phi) is 5.38. The van der Waals surface area contributed by atoms with Crippen molar-refractivity contribution in [2.45, 2.75) is 32.7 Å². The number of hydrogen-bond donors (Lipinski definition) is 2. The summed E-state index contributed by atoms with van der Waals surface area (Å²) in [7, 11) is 0. The molecule has 0 aromatic heterocycles. The van der Waals surface area contributed by atoms with Crippen LogP contribution in [0.15, 0.2) is 54.6 Å². The summed E-state index contributed by atoms with van der Waals surface area (Å²) >= 11 is 0. The number of amides is 1. The molecule has 0 bridgehead atoms. The number of rotatable bonds is 6. The lowest BCUT2D eigenvalue weighted by atomic mass is 10.1. The van der Waals surface area contributed by atoms with E-state index < -0.39 is 0 Å². The minimum atomic E-state index is 0.00355. The first-order valence-corrected chi connectivity index (χ1v) is 7.37. The van der Waals surface area contributed by atoms with E-state index in [2.05, 4.69) is 24.5 Å². The van der Waals surface area contributed by atoms with Crippen LogP contribution in [-0.4, -0.2) is 11.9 Å². The Labute approximate surface area is 126 Å². The smallest absolute Gasteiger partial charge is 0.228 e. The molecule has 21 heavy (non-hydrogen) atoms. The van der Waals surface area contributed by atoms with Crippen LogP contribution in [0.5, 0.6) is 0 Å². The molecule has 0 spiro atoms. The zero-order chi connectivity index (χ0) is 15.1. The molecule has 1 atom stereocenters. The third kappa shape index (κ3) is 4.95. The quantitative estimate of drug-likeness (QED) is 0.838. The lowest BCUT2D eigenvalue weighted by Gasteiger charge is -2.13. The average Bonchev–Trinajstić information content (AvgIpc) is 2.50. The fourth-order valence-electron chi connectivity index (χ4n) is 2.02. The second kappa shape index (κ2) is 7.48. The van der Waals surface area contributed by atoms with Crippen molar-refractivity contribution in [3.63, 3.8) is 0 Å². The number of hydrogen-bond acceptors (Lipinski definition) is 2. The summed E-state index contributed by atoms with van der Waals surface area (Å²) in [6, 6.07) is 18.0. The van der Waals surface area contributed by atoms with Crippen LogP contribution < -0.4 is 10.6 Å². The van der Waals surface area contributed by atoms with Gasteiger partial charge in [-0.1, -0.05) is 37.3 Å². The van der Waals surface area contributed by atoms with E-state index in [9.17, 15) is 4.79 Å². The summed E-state index contributed by atoms with van der Waals surface area (Å²) in [5, 5.41) is 6.32. The fourth-order valence-corrected chi connectivity index (χ4v) is 2.02. The highest BCUT2D eigenvalue weighted by Crippen LogP contribution is 2.15. The molecule has 2 aromatic rings. The first-order chi connectivity index (χ1) is 10.2. The van der Waals surface area contributed by atoms with Gasteiger partial charge in [-0.25, -0.2) is 0 Å². The summed E-state index contributed by atoms with van der Waals surface area (Å²) in [5.41, 5.74) is 2.92. The molecular weight excluding hydrogens is 260 g/mol. The Bertz CT molecular complexity index is 564. The molecule has 110 valence electrons. The average molecular weight is 282 g/mol. The lowest BCUT2D eigenvalue weighted by molar-refractivity contribution is -0.115. The Hall–Kier alpha value is -2.29. The molecule has 3 nitrogen and oxygen atoms in total. The van der Waals surface area contributed by atoms with E-state index >= 15 is 0 Å². The highest BCUT2D eigenvalue weighted by atomic mass is 16.1. The molecule has 0 radical (unpaired) electrons. The maximum absolute atomic E-state index is 12.0. The molecule has 0 heterocycles. The minimum absolute atomic E-state index is 0.00355. The van der Waals surface area contributed by atoms with Gasteiger partial charge in [0.1, 0.15) is 0 Å². The third-order valence-electron chi connectivity index (χ3n) is 3.40. The lowest BCUT2D eigenvalue weighted by Crippen LogP contribution is -2.15. The molecular formula is C18H22N2O. The molecule has 2 N–H and O–H groups in total. The number of benzene rings is 2. The topological polar surface area (TPSA) is 41.1 Å². The van der Waals surface area contributed by atoms with Gasteiger partial charge in [0.25, 0.3) is 0 Å². The van der Waals surface area contributed by atoms with Crippen LogP contribution >= 0.6 is 0 Å². The second-order valence-electron chi connectivity index (χ2n) is 5.24. The molecule has 0 fully saturated rings. The van der Waals surface area contributed by atoms with Gasteiger partial charge in [-0.05, 0) is 43.2 Å². The standard InChI is InChI=1S/C18H22N2O/c1-3-14(2)19-16-9-11-17(12-10-16)20-18(21)13-15-7-5-4-6-8-15/h4-12,14,19H,3,13H2,1-2H3,(H,20,21). The molecule has 2 rings (SSSR count). The van der Waals surface area contributed by atoms with Gasteiger partial charge < -0.3 is 10.6 Å². The Morgan fingerprint density at radius 3 is 2.24 bits per heavy atom. The summed E-state index contributed by atoms with van der Waals surface area (Å²) < 4.78 is 0. The molecule has 0 aliphatic rings. The van der Waals surface area contributed by atoms with Crippen LogP contribution in [0.4, 0.5) is 11.4 Å². The summed E-state index contributed by atoms with van der Waals surface area (Å²) in [6.07, 6.45) is 1.48. The predicted molar refractivity (Wildman–Crippen MR) is 88.6 cm³/mol. The van der Waals surface area contributed by atoms with E-state index in [4.69, 9.17) is 0 Å². The highest BCUT2D eigenvalue weighted by Gasteiger charge is 2.04. The third-order valence-corrected chi connectivity index (χ3v) is 3.40. The maximum atomic E-state index is 12.0. The first kappa shape index (κ1) is 15.1. The van der Waals surface area contributed by atoms with Gasteiger partial charge >= 0.3 is 0 Å². The summed E-state index contributed by atoms with van der Waals surface area (Å²) in [6.45, 7) is 4.30. The van der Waals surface area contributed by atoms with Crippen molar-refractivity contribution in [1.29, 1.82) is 0 Å². The van der Waals surface area contributed by atoms with Gasteiger partial charge in [-0.2, -0.15) is 0 Å². The van der Waals surface area contributed by atoms with E-state index in [0.29, 0.717) is 12.5 Å². The molecule has 2 aromatic carbocycles. The van der Waals surface area contributed by atoms with E-state index in [1.807, 2.05) is 54.6 Å². The number of anilines is 2. The SMILES string of the molecule is CCC(C)Nc1ccc(NC(=O)Cc2ccccc2)cc1. The van der Waals surface area contributed by atoms with Crippen molar-refractivity contribution >= 4 is 17.3 Å². The van der Waals surface area contributed by atoms with Crippen molar-refractivity contribution < 1.29 is 4.79 Å². The minimum Gasteiger partial charge on any atom is -0.383 e. The van der Waals surface area contributed by atoms with Gasteiger partial charge in [-0.3, -0.25) is 4.79 Å². The molecule has 0 saturated carbocycles. The van der Waals surface area contributed by atoms with E-state index in [0.717, 1.165) is 23.4 Å². The van der Waals surface area contributed by atoms with Gasteiger partial charge in [0.05, 0.1) is 6.42 Å². The monoisotopic (exact) mass is 282 g/mol. The molecule has 0 aliphatic heterocycles. The van der Waals surface area contributed by atoms with Gasteiger partial charge in [0.15, 0.2) is 0 Å². The van der Waals surface area contributed by atoms with Crippen LogP contribution in [0.2, 0.25) is 0 Å². The highest BCUT2D eigenvalue weighted by molar-refractivity contribution is 5.92. The Morgan fingerprint density at radius 1 is 1.00 bits per heavy atom. The molecule has 1 amide bonds. The second-order valence-corrected chi connectivity index (χ2v) is 5.24. The van der Waals surface area contributed by atoms with Crippen LogP contribution in [0.25, 0.3) is 0 Å². The van der Waals surface area contributed by atoms with Gasteiger partial charge in [0, 0.05) is 17.4 Å². The number of nitrogens with one attached hydrogen (secondary N) is 2. The van der Waals surface area contributed by atoms with E-state index in [1.165, 1.54) is 0 Å². The Morgan fingerprint density at radius 2 is 1.62 bits per heavy atom. The zero-order valence-corrected chi connectivity index (χ0v) is 12.6. The van der Waals surface area contributed by atoms with Crippen molar-refractivity contribution in [3.8, 4) is 0 Å². The largest absolute Gasteiger partial charge is 0.383 e. The number of carbonyl (C=O) groups is 1. The predicted octanol–water partition coefficient (Wildman–Crippen LogP) is 4.08. The van der Waals surface area contributed by atoms with E-state index in [1.54, 1.807) is 0 Å². The number of carbonyl (C=O) groups excluding carboxylic acids is 1. The van der Waals surface area contributed by atoms with Gasteiger partial charge in [0.2, 0.25) is 5.91 Å². The van der Waals surface area contributed by atoms with Crippen molar-refractivity contribution in [2.75, 3.05) is 10.6 Å². The normalized spacial score (nSPS) is 11.7. The molecule has 1 unspecified atom stereocenters. The van der Waals surface area contributed by atoms with Crippen molar-refractivity contribution in [2.24, 2.45) is 0 Å². The maximum Gasteiger partial charge on any atom is 0.228 e. The van der Waals surface area contributed by atoms with Crippen molar-refractivity contribution in [3.05, 3.63) is 60.2 Å². The van der Waals surface area contributed by atoms with Crippen molar-refractivity contribution in [1.82, 2.24) is 0 Å². The zero-order valence-electron chi connectivity index (χ0n) is 12.6. The van der Waals surface area contributed by atoms with E-state index in [-0.39, 0.29) is 5.91 Å². The molecule has 3 heteroatoms. The first-order valence-electron chi connectivity index (χ1n) is 7.37. The van der Waals surface area contributed by atoms with Crippen LogP contribution in [0.1, 0.15) is 25.8 Å². The summed E-state index contributed by atoms with van der Waals surface area (Å²) in [4.78, 5) is 12.0. The van der Waals surface area contributed by atoms with Crippen LogP contribution in [0.3, 0.4) is 0 Å². The molecule has 0 aliphatic carbocycles. The van der Waals surface area contributed by atoms with Crippen LogP contribution in [0, 0.1) is 0 Å².